The number of nitrogens with zero attached hydrogens (tertiary/aromatic N) is 2. The first-order valence-electron chi connectivity index (χ1n) is 8.75. The van der Waals surface area contributed by atoms with Gasteiger partial charge < -0.3 is 15.1 Å². The van der Waals surface area contributed by atoms with Gasteiger partial charge in [-0.3, -0.25) is 4.79 Å². The van der Waals surface area contributed by atoms with Gasteiger partial charge in [0.1, 0.15) is 11.4 Å². The molecule has 1 heterocycles. The van der Waals surface area contributed by atoms with Gasteiger partial charge in [-0.2, -0.15) is 0 Å². The maximum absolute atomic E-state index is 11.9. The van der Waals surface area contributed by atoms with Crippen LogP contribution in [0.4, 0.5) is 5.82 Å². The Morgan fingerprint density at radius 1 is 1.23 bits per heavy atom. The number of pyridine rings is 1. The van der Waals surface area contributed by atoms with Crippen molar-refractivity contribution in [3.05, 3.63) is 34.9 Å². The molecule has 2 aromatic rings. The molecule has 1 aliphatic carbocycles. The van der Waals surface area contributed by atoms with Crippen molar-refractivity contribution in [1.82, 2.24) is 4.98 Å². The number of benzene rings is 1. The summed E-state index contributed by atoms with van der Waals surface area (Å²) in [4.78, 5) is 30.0. The minimum Gasteiger partial charge on any atom is -0.481 e. The first-order valence-corrected chi connectivity index (χ1v) is 9.13. The zero-order valence-corrected chi connectivity index (χ0v) is 15.2. The van der Waals surface area contributed by atoms with Crippen molar-refractivity contribution < 1.29 is 19.8 Å². The summed E-state index contributed by atoms with van der Waals surface area (Å²) in [5.74, 6) is -2.12. The Kier molecular flexibility index (Phi) is 5.32. The number of aromatic nitrogens is 1. The van der Waals surface area contributed by atoms with Crippen molar-refractivity contribution in [3.63, 3.8) is 0 Å². The lowest BCUT2D eigenvalue weighted by molar-refractivity contribution is -0.143. The van der Waals surface area contributed by atoms with E-state index in [0.717, 1.165) is 12.8 Å². The van der Waals surface area contributed by atoms with Crippen LogP contribution in [0.25, 0.3) is 10.9 Å². The predicted molar refractivity (Wildman–Crippen MR) is 100 cm³/mol. The van der Waals surface area contributed by atoms with Crippen LogP contribution in [0.15, 0.2) is 24.3 Å². The fraction of sp³-hybridized carbons (Fsp3) is 0.421. The summed E-state index contributed by atoms with van der Waals surface area (Å²) in [7, 11) is 0. The van der Waals surface area contributed by atoms with Gasteiger partial charge in [-0.1, -0.05) is 24.4 Å². The van der Waals surface area contributed by atoms with Crippen LogP contribution in [0.1, 0.15) is 43.0 Å². The monoisotopic (exact) mass is 376 g/mol. The Balaban J connectivity index is 2.13. The van der Waals surface area contributed by atoms with Crippen LogP contribution < -0.4 is 4.90 Å². The van der Waals surface area contributed by atoms with Crippen molar-refractivity contribution >= 4 is 40.3 Å². The molecule has 0 radical (unpaired) electrons. The topological polar surface area (TPSA) is 90.7 Å². The van der Waals surface area contributed by atoms with Crippen LogP contribution in [0.5, 0.6) is 0 Å². The van der Waals surface area contributed by atoms with Crippen LogP contribution in [0, 0.1) is 5.92 Å². The minimum atomic E-state index is -1.09. The molecule has 0 spiro atoms. The van der Waals surface area contributed by atoms with Gasteiger partial charge >= 0.3 is 11.9 Å². The highest BCUT2D eigenvalue weighted by Gasteiger charge is 2.36. The van der Waals surface area contributed by atoms with E-state index in [-0.39, 0.29) is 11.6 Å². The lowest BCUT2D eigenvalue weighted by Crippen LogP contribution is -2.46. The molecule has 138 valence electrons. The molecule has 0 saturated heterocycles. The number of aromatic carboxylic acids is 1. The smallest absolute Gasteiger partial charge is 0.339 e. The Morgan fingerprint density at radius 3 is 2.62 bits per heavy atom. The second kappa shape index (κ2) is 7.50. The Labute approximate surface area is 156 Å². The van der Waals surface area contributed by atoms with Gasteiger partial charge in [0.05, 0.1) is 11.4 Å². The van der Waals surface area contributed by atoms with Crippen LogP contribution in [0.3, 0.4) is 0 Å². The number of halogens is 1. The molecule has 2 unspecified atom stereocenters. The summed E-state index contributed by atoms with van der Waals surface area (Å²) in [5.41, 5.74) is 0.701. The largest absolute Gasteiger partial charge is 0.481 e. The first-order chi connectivity index (χ1) is 12.4. The summed E-state index contributed by atoms with van der Waals surface area (Å²) >= 11 is 6.01. The van der Waals surface area contributed by atoms with Gasteiger partial charge in [-0.05, 0) is 44.0 Å². The van der Waals surface area contributed by atoms with Crippen molar-refractivity contribution in [2.45, 2.75) is 38.6 Å². The minimum absolute atomic E-state index is 0.0660. The SMILES string of the molecule is CCN(c1nc2ccc(Cl)cc2cc1C(=O)O)C1CCCCC1C(=O)O. The van der Waals surface area contributed by atoms with E-state index in [1.165, 1.54) is 0 Å². The predicted octanol–water partition coefficient (Wildman–Crippen LogP) is 4.06. The average molecular weight is 377 g/mol. The molecule has 2 atom stereocenters. The Hall–Kier alpha value is -2.34. The summed E-state index contributed by atoms with van der Waals surface area (Å²) in [6.45, 7) is 2.38. The summed E-state index contributed by atoms with van der Waals surface area (Å²) in [6, 6.07) is 6.43. The highest BCUT2D eigenvalue weighted by Crippen LogP contribution is 2.34. The third-order valence-electron chi connectivity index (χ3n) is 5.05. The van der Waals surface area contributed by atoms with Crippen LogP contribution in [-0.2, 0) is 4.79 Å². The average Bonchev–Trinajstić information content (AvgIpc) is 2.62. The van der Waals surface area contributed by atoms with Crippen LogP contribution >= 0.6 is 11.6 Å². The van der Waals surface area contributed by atoms with Gasteiger partial charge in [0.15, 0.2) is 0 Å². The maximum atomic E-state index is 11.9. The van der Waals surface area contributed by atoms with E-state index in [9.17, 15) is 19.8 Å². The second-order valence-corrected chi connectivity index (χ2v) is 7.02. The fourth-order valence-corrected chi connectivity index (χ4v) is 4.01. The van der Waals surface area contributed by atoms with Gasteiger partial charge in [-0.15, -0.1) is 0 Å². The number of rotatable bonds is 5. The lowest BCUT2D eigenvalue weighted by Gasteiger charge is -2.39. The lowest BCUT2D eigenvalue weighted by atomic mass is 9.83. The third kappa shape index (κ3) is 3.46. The van der Waals surface area contributed by atoms with Gasteiger partial charge in [0.25, 0.3) is 0 Å². The van der Waals surface area contributed by atoms with Crippen molar-refractivity contribution in [1.29, 1.82) is 0 Å². The molecule has 1 fully saturated rings. The number of carbonyl (C=O) groups is 2. The van der Waals surface area contributed by atoms with E-state index >= 15 is 0 Å². The van der Waals surface area contributed by atoms with E-state index in [1.807, 2.05) is 11.8 Å². The normalized spacial score (nSPS) is 20.1. The molecule has 0 bridgehead atoms. The molecule has 0 amide bonds. The molecule has 3 rings (SSSR count). The number of carboxylic acid groups (broad SMARTS) is 2. The van der Waals surface area contributed by atoms with E-state index in [2.05, 4.69) is 4.98 Å². The van der Waals surface area contributed by atoms with Crippen molar-refractivity contribution in [2.75, 3.05) is 11.4 Å². The van der Waals surface area contributed by atoms with Gasteiger partial charge in [0.2, 0.25) is 0 Å². The number of hydrogen-bond acceptors (Lipinski definition) is 4. The third-order valence-corrected chi connectivity index (χ3v) is 5.28. The molecule has 7 heteroatoms. The number of carboxylic acids is 2. The highest BCUT2D eigenvalue weighted by atomic mass is 35.5. The number of aliphatic carboxylic acids is 1. The quantitative estimate of drug-likeness (QED) is 0.817. The molecular weight excluding hydrogens is 356 g/mol. The maximum Gasteiger partial charge on any atom is 0.339 e. The molecule has 2 N–H and O–H groups in total. The van der Waals surface area contributed by atoms with E-state index in [0.29, 0.717) is 41.1 Å². The summed E-state index contributed by atoms with van der Waals surface area (Å²) in [5, 5.41) is 20.5. The second-order valence-electron chi connectivity index (χ2n) is 6.58. The standard InChI is InChI=1S/C19H21ClN2O4/c1-2-22(16-6-4-3-5-13(16)18(23)24)17-14(19(25)26)10-11-9-12(20)7-8-15(11)21-17/h7-10,13,16H,2-6H2,1H3,(H,23,24)(H,25,26). The Bertz CT molecular complexity index is 855. The zero-order chi connectivity index (χ0) is 18.8. The summed E-state index contributed by atoms with van der Waals surface area (Å²) < 4.78 is 0. The highest BCUT2D eigenvalue weighted by molar-refractivity contribution is 6.31. The van der Waals surface area contributed by atoms with Gasteiger partial charge in [-0.25, -0.2) is 9.78 Å². The first kappa shape index (κ1) is 18.5. The van der Waals surface area contributed by atoms with Crippen molar-refractivity contribution in [3.8, 4) is 0 Å². The van der Waals surface area contributed by atoms with E-state index < -0.39 is 17.9 Å². The van der Waals surface area contributed by atoms with Gasteiger partial charge in [0, 0.05) is 23.0 Å². The molecule has 1 aromatic carbocycles. The summed E-state index contributed by atoms with van der Waals surface area (Å²) in [6.07, 6.45) is 3.11. The fourth-order valence-electron chi connectivity index (χ4n) is 3.83. The molecule has 1 saturated carbocycles. The molecule has 26 heavy (non-hydrogen) atoms. The molecule has 1 aliphatic rings. The number of fused-ring (bicyclic) bond motifs is 1. The zero-order valence-electron chi connectivity index (χ0n) is 14.5. The number of anilines is 1. The Morgan fingerprint density at radius 2 is 1.96 bits per heavy atom. The van der Waals surface area contributed by atoms with Crippen molar-refractivity contribution in [2.24, 2.45) is 5.92 Å². The molecule has 0 aliphatic heterocycles. The van der Waals surface area contributed by atoms with E-state index in [4.69, 9.17) is 11.6 Å². The molecule has 6 nitrogen and oxygen atoms in total. The molecule has 1 aromatic heterocycles. The number of hydrogen-bond donors (Lipinski definition) is 2. The molecular formula is C19H21ClN2O4. The van der Waals surface area contributed by atoms with Crippen LogP contribution in [0.2, 0.25) is 5.02 Å². The van der Waals surface area contributed by atoms with Crippen LogP contribution in [-0.4, -0.2) is 39.7 Å². The van der Waals surface area contributed by atoms with E-state index in [1.54, 1.807) is 24.3 Å².